The van der Waals surface area contributed by atoms with E-state index in [-0.39, 0.29) is 12.4 Å². The highest BCUT2D eigenvalue weighted by atomic mass is 16.5. The second kappa shape index (κ2) is 7.09. The van der Waals surface area contributed by atoms with Crippen LogP contribution in [0.15, 0.2) is 24.3 Å². The van der Waals surface area contributed by atoms with E-state index in [1.165, 1.54) is 6.07 Å². The van der Waals surface area contributed by atoms with Crippen LogP contribution in [-0.4, -0.2) is 36.0 Å². The number of aromatic hydroxyl groups is 1. The molecule has 1 unspecified atom stereocenters. The van der Waals surface area contributed by atoms with Gasteiger partial charge in [0.1, 0.15) is 24.2 Å². The van der Waals surface area contributed by atoms with E-state index in [0.717, 1.165) is 13.0 Å². The molecule has 0 amide bonds. The Hall–Kier alpha value is -1.26. The highest BCUT2D eigenvalue weighted by Gasteiger charge is 2.04. The minimum atomic E-state index is -0.533. The number of rotatable bonds is 7. The molecular formula is C12H19NO3. The van der Waals surface area contributed by atoms with Gasteiger partial charge in [0, 0.05) is 12.6 Å². The van der Waals surface area contributed by atoms with E-state index in [1.807, 2.05) is 0 Å². The highest BCUT2D eigenvalue weighted by molar-refractivity contribution is 5.31. The fraction of sp³-hybridized carbons (Fsp3) is 0.500. The Morgan fingerprint density at radius 2 is 2.25 bits per heavy atom. The van der Waals surface area contributed by atoms with Crippen LogP contribution in [0.2, 0.25) is 0 Å². The van der Waals surface area contributed by atoms with E-state index >= 15 is 0 Å². The maximum Gasteiger partial charge on any atom is 0.123 e. The molecule has 4 heteroatoms. The average molecular weight is 225 g/mol. The third kappa shape index (κ3) is 5.00. The molecule has 0 spiro atoms. The lowest BCUT2D eigenvalue weighted by molar-refractivity contribution is 0.106. The summed E-state index contributed by atoms with van der Waals surface area (Å²) in [6.45, 7) is 3.71. The molecular weight excluding hydrogens is 206 g/mol. The number of benzene rings is 1. The largest absolute Gasteiger partial charge is 0.508 e. The van der Waals surface area contributed by atoms with Crippen LogP contribution in [-0.2, 0) is 0 Å². The summed E-state index contributed by atoms with van der Waals surface area (Å²) in [6.07, 6.45) is 0.508. The van der Waals surface area contributed by atoms with Gasteiger partial charge >= 0.3 is 0 Å². The number of nitrogens with one attached hydrogen (secondary N) is 1. The summed E-state index contributed by atoms with van der Waals surface area (Å²) in [5, 5.41) is 21.9. The molecule has 0 heterocycles. The Morgan fingerprint density at radius 1 is 1.44 bits per heavy atom. The molecule has 1 rings (SSSR count). The molecule has 1 aromatic carbocycles. The van der Waals surface area contributed by atoms with Gasteiger partial charge in [0.05, 0.1) is 0 Å². The predicted octanol–water partition coefficient (Wildman–Crippen LogP) is 1.13. The van der Waals surface area contributed by atoms with Gasteiger partial charge in [-0.2, -0.15) is 0 Å². The minimum Gasteiger partial charge on any atom is -0.508 e. The van der Waals surface area contributed by atoms with Gasteiger partial charge in [-0.05, 0) is 25.1 Å². The smallest absolute Gasteiger partial charge is 0.123 e. The molecule has 0 saturated heterocycles. The van der Waals surface area contributed by atoms with E-state index in [0.29, 0.717) is 12.3 Å². The summed E-state index contributed by atoms with van der Waals surface area (Å²) in [5.74, 6) is 0.727. The highest BCUT2D eigenvalue weighted by Crippen LogP contribution is 2.17. The van der Waals surface area contributed by atoms with Crippen LogP contribution in [0.25, 0.3) is 0 Å². The first kappa shape index (κ1) is 12.8. The zero-order valence-corrected chi connectivity index (χ0v) is 9.52. The third-order valence-electron chi connectivity index (χ3n) is 2.07. The van der Waals surface area contributed by atoms with E-state index in [1.54, 1.807) is 18.2 Å². The maximum atomic E-state index is 9.56. The van der Waals surface area contributed by atoms with Crippen molar-refractivity contribution >= 4 is 0 Å². The molecule has 16 heavy (non-hydrogen) atoms. The van der Waals surface area contributed by atoms with Crippen molar-refractivity contribution in [3.05, 3.63) is 24.3 Å². The van der Waals surface area contributed by atoms with Crippen molar-refractivity contribution in [2.24, 2.45) is 0 Å². The molecule has 3 N–H and O–H groups in total. The first-order valence-electron chi connectivity index (χ1n) is 5.53. The first-order chi connectivity index (χ1) is 7.72. The Balaban J connectivity index is 2.23. The SMILES string of the molecule is CCCNCC(O)COc1cccc(O)c1. The predicted molar refractivity (Wildman–Crippen MR) is 62.8 cm³/mol. The summed E-state index contributed by atoms with van der Waals surface area (Å²) in [6, 6.07) is 6.54. The number of aliphatic hydroxyl groups excluding tert-OH is 1. The summed E-state index contributed by atoms with van der Waals surface area (Å²) < 4.78 is 5.33. The molecule has 0 saturated carbocycles. The van der Waals surface area contributed by atoms with E-state index in [4.69, 9.17) is 4.74 Å². The monoisotopic (exact) mass is 225 g/mol. The lowest BCUT2D eigenvalue weighted by Gasteiger charge is -2.12. The van der Waals surface area contributed by atoms with Gasteiger partial charge in [-0.1, -0.05) is 13.0 Å². The van der Waals surface area contributed by atoms with Crippen LogP contribution in [0, 0.1) is 0 Å². The third-order valence-corrected chi connectivity index (χ3v) is 2.07. The molecule has 0 radical (unpaired) electrons. The van der Waals surface area contributed by atoms with E-state index < -0.39 is 6.10 Å². The number of aliphatic hydroxyl groups is 1. The van der Waals surface area contributed by atoms with Gasteiger partial charge in [-0.15, -0.1) is 0 Å². The molecule has 0 aliphatic rings. The van der Waals surface area contributed by atoms with Gasteiger partial charge in [0.25, 0.3) is 0 Å². The van der Waals surface area contributed by atoms with Crippen molar-refractivity contribution < 1.29 is 14.9 Å². The van der Waals surface area contributed by atoms with Gasteiger partial charge in [0.15, 0.2) is 0 Å². The fourth-order valence-corrected chi connectivity index (χ4v) is 1.27. The number of ether oxygens (including phenoxy) is 1. The Bertz CT molecular complexity index is 304. The second-order valence-electron chi connectivity index (χ2n) is 3.67. The van der Waals surface area contributed by atoms with Crippen LogP contribution in [0.1, 0.15) is 13.3 Å². The molecule has 0 aromatic heterocycles. The molecule has 1 atom stereocenters. The normalized spacial score (nSPS) is 12.4. The zero-order valence-electron chi connectivity index (χ0n) is 9.52. The molecule has 0 aliphatic carbocycles. The van der Waals surface area contributed by atoms with Crippen LogP contribution in [0.5, 0.6) is 11.5 Å². The first-order valence-corrected chi connectivity index (χ1v) is 5.53. The minimum absolute atomic E-state index is 0.163. The average Bonchev–Trinajstić information content (AvgIpc) is 2.27. The number of phenolic OH excluding ortho intramolecular Hbond substituents is 1. The van der Waals surface area contributed by atoms with Crippen molar-refractivity contribution in [1.29, 1.82) is 0 Å². The Labute approximate surface area is 95.9 Å². The molecule has 0 bridgehead atoms. The van der Waals surface area contributed by atoms with Crippen molar-refractivity contribution in [1.82, 2.24) is 5.32 Å². The van der Waals surface area contributed by atoms with Crippen LogP contribution in [0.4, 0.5) is 0 Å². The fourth-order valence-electron chi connectivity index (χ4n) is 1.27. The van der Waals surface area contributed by atoms with Crippen molar-refractivity contribution in [2.75, 3.05) is 19.7 Å². The lowest BCUT2D eigenvalue weighted by Crippen LogP contribution is -2.31. The molecule has 90 valence electrons. The van der Waals surface area contributed by atoms with Gasteiger partial charge in [0.2, 0.25) is 0 Å². The number of hydrogen-bond acceptors (Lipinski definition) is 4. The van der Waals surface area contributed by atoms with Crippen molar-refractivity contribution in [3.8, 4) is 11.5 Å². The number of hydrogen-bond donors (Lipinski definition) is 3. The Morgan fingerprint density at radius 3 is 2.94 bits per heavy atom. The van der Waals surface area contributed by atoms with Crippen molar-refractivity contribution in [3.63, 3.8) is 0 Å². The van der Waals surface area contributed by atoms with Crippen LogP contribution in [0.3, 0.4) is 0 Å². The standard InChI is InChI=1S/C12H19NO3/c1-2-6-13-8-11(15)9-16-12-5-3-4-10(14)7-12/h3-5,7,11,13-15H,2,6,8-9H2,1H3. The zero-order chi connectivity index (χ0) is 11.8. The summed E-state index contributed by atoms with van der Waals surface area (Å²) >= 11 is 0. The van der Waals surface area contributed by atoms with Gasteiger partial charge in [-0.25, -0.2) is 0 Å². The van der Waals surface area contributed by atoms with Crippen LogP contribution < -0.4 is 10.1 Å². The summed E-state index contributed by atoms with van der Waals surface area (Å²) in [4.78, 5) is 0. The topological polar surface area (TPSA) is 61.7 Å². The molecule has 0 aliphatic heterocycles. The van der Waals surface area contributed by atoms with E-state index in [2.05, 4.69) is 12.2 Å². The maximum absolute atomic E-state index is 9.56. The second-order valence-corrected chi connectivity index (χ2v) is 3.67. The molecule has 1 aromatic rings. The quantitative estimate of drug-likeness (QED) is 0.609. The Kier molecular flexibility index (Phi) is 5.67. The van der Waals surface area contributed by atoms with Crippen LogP contribution >= 0.6 is 0 Å². The summed E-state index contributed by atoms with van der Waals surface area (Å²) in [5.41, 5.74) is 0. The van der Waals surface area contributed by atoms with E-state index in [9.17, 15) is 10.2 Å². The lowest BCUT2D eigenvalue weighted by atomic mass is 10.3. The molecule has 0 fully saturated rings. The van der Waals surface area contributed by atoms with Gasteiger partial charge in [-0.3, -0.25) is 0 Å². The number of phenols is 1. The van der Waals surface area contributed by atoms with Crippen molar-refractivity contribution in [2.45, 2.75) is 19.4 Å². The summed E-state index contributed by atoms with van der Waals surface area (Å²) in [7, 11) is 0. The van der Waals surface area contributed by atoms with Gasteiger partial charge < -0.3 is 20.3 Å². The molecule has 4 nitrogen and oxygen atoms in total.